The number of hydrogen-bond donors (Lipinski definition) is 1. The van der Waals surface area contributed by atoms with Crippen LogP contribution in [0.15, 0.2) is 30.3 Å². The minimum absolute atomic E-state index is 0.187. The summed E-state index contributed by atoms with van der Waals surface area (Å²) in [5.74, 6) is 0.212. The molecule has 0 saturated carbocycles. The molecule has 18 heavy (non-hydrogen) atoms. The van der Waals surface area contributed by atoms with E-state index < -0.39 is 0 Å². The van der Waals surface area contributed by atoms with E-state index in [2.05, 4.69) is 24.0 Å². The van der Waals surface area contributed by atoms with Crippen molar-refractivity contribution in [2.75, 3.05) is 13.2 Å². The second-order valence-corrected chi connectivity index (χ2v) is 4.77. The van der Waals surface area contributed by atoms with Crippen molar-refractivity contribution in [2.45, 2.75) is 39.3 Å². The first-order valence-electron chi connectivity index (χ1n) is 6.51. The van der Waals surface area contributed by atoms with Crippen molar-refractivity contribution in [1.82, 2.24) is 4.90 Å². The van der Waals surface area contributed by atoms with Crippen molar-refractivity contribution in [2.24, 2.45) is 0 Å². The number of aliphatic hydroxyl groups is 1. The van der Waals surface area contributed by atoms with Crippen LogP contribution in [0.4, 0.5) is 0 Å². The predicted molar refractivity (Wildman–Crippen MR) is 73.3 cm³/mol. The minimum Gasteiger partial charge on any atom is -0.396 e. The number of aliphatic hydroxyl groups excluding tert-OH is 1. The van der Waals surface area contributed by atoms with Gasteiger partial charge in [-0.25, -0.2) is 0 Å². The maximum Gasteiger partial charge on any atom is 0.131 e. The van der Waals surface area contributed by atoms with Gasteiger partial charge in [-0.05, 0) is 25.8 Å². The summed E-state index contributed by atoms with van der Waals surface area (Å²) in [6.07, 6.45) is 1.31. The Labute approximate surface area is 109 Å². The monoisotopic (exact) mass is 249 g/mol. The third-order valence-corrected chi connectivity index (χ3v) is 3.15. The molecule has 3 heteroatoms. The van der Waals surface area contributed by atoms with Gasteiger partial charge in [-0.1, -0.05) is 30.3 Å². The van der Waals surface area contributed by atoms with Gasteiger partial charge in [0.25, 0.3) is 0 Å². The molecule has 1 atom stereocenters. The zero-order chi connectivity index (χ0) is 13.4. The molecule has 0 aliphatic rings. The number of carbonyl (C=O) groups excluding carboxylic acids is 1. The van der Waals surface area contributed by atoms with E-state index in [4.69, 9.17) is 5.11 Å². The molecule has 0 aliphatic carbocycles. The predicted octanol–water partition coefficient (Wildman–Crippen LogP) is 2.24. The number of benzene rings is 1. The van der Waals surface area contributed by atoms with E-state index >= 15 is 0 Å². The van der Waals surface area contributed by atoms with Crippen LogP contribution in [0.1, 0.15) is 32.3 Å². The van der Waals surface area contributed by atoms with Gasteiger partial charge in [0.2, 0.25) is 0 Å². The maximum atomic E-state index is 11.1. The van der Waals surface area contributed by atoms with Crippen molar-refractivity contribution in [3.05, 3.63) is 35.9 Å². The quantitative estimate of drug-likeness (QED) is 0.768. The molecule has 1 N–H and O–H groups in total. The third kappa shape index (κ3) is 5.43. The van der Waals surface area contributed by atoms with Crippen LogP contribution in [0, 0.1) is 0 Å². The molecule has 0 aliphatic heterocycles. The Kier molecular flexibility index (Phi) is 6.61. The molecule has 0 amide bonds. The first-order valence-corrected chi connectivity index (χ1v) is 6.51. The van der Waals surface area contributed by atoms with Crippen LogP contribution >= 0.6 is 0 Å². The lowest BCUT2D eigenvalue weighted by Crippen LogP contribution is -2.34. The zero-order valence-electron chi connectivity index (χ0n) is 11.3. The van der Waals surface area contributed by atoms with Crippen LogP contribution in [0.3, 0.4) is 0 Å². The van der Waals surface area contributed by atoms with Gasteiger partial charge in [0, 0.05) is 32.2 Å². The number of ketones is 1. The van der Waals surface area contributed by atoms with Gasteiger partial charge in [0.15, 0.2) is 0 Å². The van der Waals surface area contributed by atoms with Crippen LogP contribution in [0.25, 0.3) is 0 Å². The van der Waals surface area contributed by atoms with E-state index in [-0.39, 0.29) is 18.4 Å². The SMILES string of the molecule is CC(=O)CCN(Cc1ccccc1)C(C)CCO. The first kappa shape index (κ1) is 14.9. The van der Waals surface area contributed by atoms with Gasteiger partial charge in [-0.15, -0.1) is 0 Å². The smallest absolute Gasteiger partial charge is 0.131 e. The van der Waals surface area contributed by atoms with Crippen molar-refractivity contribution in [3.8, 4) is 0 Å². The molecule has 0 aromatic heterocycles. The Morgan fingerprint density at radius 2 is 2.00 bits per heavy atom. The highest BCUT2D eigenvalue weighted by Crippen LogP contribution is 2.11. The number of nitrogens with zero attached hydrogens (tertiary/aromatic N) is 1. The van der Waals surface area contributed by atoms with Crippen LogP contribution in [0.5, 0.6) is 0 Å². The van der Waals surface area contributed by atoms with Gasteiger partial charge in [-0.2, -0.15) is 0 Å². The highest BCUT2D eigenvalue weighted by molar-refractivity contribution is 5.75. The molecule has 1 aromatic rings. The Bertz CT molecular complexity index is 351. The Hall–Kier alpha value is -1.19. The van der Waals surface area contributed by atoms with Crippen LogP contribution in [-0.2, 0) is 11.3 Å². The number of hydrogen-bond acceptors (Lipinski definition) is 3. The van der Waals surface area contributed by atoms with E-state index in [9.17, 15) is 4.79 Å². The van der Waals surface area contributed by atoms with Crippen molar-refractivity contribution < 1.29 is 9.90 Å². The van der Waals surface area contributed by atoms with Gasteiger partial charge < -0.3 is 5.11 Å². The summed E-state index contributed by atoms with van der Waals surface area (Å²) in [5.41, 5.74) is 1.24. The van der Waals surface area contributed by atoms with E-state index in [1.807, 2.05) is 18.2 Å². The molecule has 0 bridgehead atoms. The molecular formula is C15H23NO2. The van der Waals surface area contributed by atoms with Gasteiger partial charge in [0.05, 0.1) is 0 Å². The highest BCUT2D eigenvalue weighted by atomic mass is 16.3. The van der Waals surface area contributed by atoms with Crippen molar-refractivity contribution in [3.63, 3.8) is 0 Å². The Morgan fingerprint density at radius 1 is 1.33 bits per heavy atom. The summed E-state index contributed by atoms with van der Waals surface area (Å²) >= 11 is 0. The molecule has 0 spiro atoms. The van der Waals surface area contributed by atoms with Crippen molar-refractivity contribution >= 4 is 5.78 Å². The molecule has 0 heterocycles. The summed E-state index contributed by atoms with van der Waals surface area (Å²) in [7, 11) is 0. The summed E-state index contributed by atoms with van der Waals surface area (Å²) in [6.45, 7) is 5.49. The Balaban J connectivity index is 2.61. The second kappa shape index (κ2) is 8.01. The molecule has 3 nitrogen and oxygen atoms in total. The summed E-state index contributed by atoms with van der Waals surface area (Å²) in [6, 6.07) is 10.5. The molecule has 0 radical (unpaired) electrons. The lowest BCUT2D eigenvalue weighted by atomic mass is 10.1. The van der Waals surface area contributed by atoms with E-state index in [0.29, 0.717) is 6.42 Å². The van der Waals surface area contributed by atoms with Crippen LogP contribution < -0.4 is 0 Å². The topological polar surface area (TPSA) is 40.5 Å². The normalized spacial score (nSPS) is 12.7. The molecule has 1 rings (SSSR count). The standard InChI is InChI=1S/C15H23NO2/c1-13(9-11-17)16(10-8-14(2)18)12-15-6-4-3-5-7-15/h3-7,13,17H,8-12H2,1-2H3. The van der Waals surface area contributed by atoms with Gasteiger partial charge in [0.1, 0.15) is 5.78 Å². The van der Waals surface area contributed by atoms with Crippen LogP contribution in [0.2, 0.25) is 0 Å². The summed E-state index contributed by atoms with van der Waals surface area (Å²) < 4.78 is 0. The third-order valence-electron chi connectivity index (χ3n) is 3.15. The van der Waals surface area contributed by atoms with E-state index in [1.54, 1.807) is 6.92 Å². The zero-order valence-corrected chi connectivity index (χ0v) is 11.3. The average Bonchev–Trinajstić information content (AvgIpc) is 2.35. The van der Waals surface area contributed by atoms with Crippen LogP contribution in [-0.4, -0.2) is 35.0 Å². The first-order chi connectivity index (χ1) is 8.63. The minimum atomic E-state index is 0.187. The number of rotatable bonds is 8. The Morgan fingerprint density at radius 3 is 2.56 bits per heavy atom. The fraction of sp³-hybridized carbons (Fsp3) is 0.533. The number of Topliss-reactive ketones (excluding diaryl/α,β-unsaturated/α-hetero) is 1. The van der Waals surface area contributed by atoms with Gasteiger partial charge in [-0.3, -0.25) is 9.69 Å². The van der Waals surface area contributed by atoms with Crippen molar-refractivity contribution in [1.29, 1.82) is 0 Å². The van der Waals surface area contributed by atoms with E-state index in [1.165, 1.54) is 5.56 Å². The highest BCUT2D eigenvalue weighted by Gasteiger charge is 2.14. The average molecular weight is 249 g/mol. The molecule has 1 unspecified atom stereocenters. The molecular weight excluding hydrogens is 226 g/mol. The van der Waals surface area contributed by atoms with E-state index in [0.717, 1.165) is 19.5 Å². The lowest BCUT2D eigenvalue weighted by Gasteiger charge is -2.28. The van der Waals surface area contributed by atoms with Gasteiger partial charge >= 0.3 is 0 Å². The second-order valence-electron chi connectivity index (χ2n) is 4.77. The lowest BCUT2D eigenvalue weighted by molar-refractivity contribution is -0.117. The fourth-order valence-electron chi connectivity index (χ4n) is 1.94. The summed E-state index contributed by atoms with van der Waals surface area (Å²) in [4.78, 5) is 13.4. The fourth-order valence-corrected chi connectivity index (χ4v) is 1.94. The summed E-state index contributed by atoms with van der Waals surface area (Å²) in [5, 5.41) is 9.04. The molecule has 1 aromatic carbocycles. The maximum absolute atomic E-state index is 11.1. The molecule has 0 saturated heterocycles. The molecule has 0 fully saturated rings. The number of carbonyl (C=O) groups is 1. The largest absolute Gasteiger partial charge is 0.396 e. The molecule has 100 valence electrons.